The minimum absolute atomic E-state index is 0.0633. The molecule has 0 fully saturated rings. The van der Waals surface area contributed by atoms with Gasteiger partial charge in [0.15, 0.2) is 6.10 Å². The van der Waals surface area contributed by atoms with Crippen LogP contribution in [0.2, 0.25) is 0 Å². The average Bonchev–Trinajstić information content (AvgIpc) is 3.26. The summed E-state index contributed by atoms with van der Waals surface area (Å²) in [6, 6.07) is 0. The van der Waals surface area contributed by atoms with Gasteiger partial charge in [0.2, 0.25) is 0 Å². The van der Waals surface area contributed by atoms with Crippen LogP contribution in [0.15, 0.2) is 0 Å². The number of unbranched alkanes of at least 4 members (excludes halogenated alkanes) is 40. The molecular weight excluding hydrogens is 757 g/mol. The second kappa shape index (κ2) is 51.0. The first-order valence-electron chi connectivity index (χ1n) is 27.5. The van der Waals surface area contributed by atoms with Gasteiger partial charge in [0.05, 0.1) is 0 Å². The monoisotopic (exact) mass is 863 g/mol. The smallest absolute Gasteiger partial charge is 0.306 e. The summed E-state index contributed by atoms with van der Waals surface area (Å²) in [5.74, 6) is -0.859. The van der Waals surface area contributed by atoms with Crippen LogP contribution in [0.4, 0.5) is 0 Å². The van der Waals surface area contributed by atoms with Gasteiger partial charge in [-0.25, -0.2) is 0 Å². The Hall–Kier alpha value is -1.59. The zero-order chi connectivity index (χ0) is 44.4. The number of hydrogen-bond acceptors (Lipinski definition) is 6. The van der Waals surface area contributed by atoms with E-state index in [2.05, 4.69) is 20.8 Å². The molecule has 0 radical (unpaired) electrons. The van der Waals surface area contributed by atoms with Crippen LogP contribution in [0, 0.1) is 0 Å². The van der Waals surface area contributed by atoms with E-state index in [1.165, 1.54) is 218 Å². The Kier molecular flexibility index (Phi) is 49.7. The Balaban J connectivity index is 3.87. The zero-order valence-corrected chi connectivity index (χ0v) is 41.5. The van der Waals surface area contributed by atoms with E-state index < -0.39 is 6.10 Å². The molecule has 0 aromatic carbocycles. The molecule has 0 bridgehead atoms. The highest BCUT2D eigenvalue weighted by Crippen LogP contribution is 2.17. The van der Waals surface area contributed by atoms with Gasteiger partial charge in [-0.1, -0.05) is 278 Å². The zero-order valence-electron chi connectivity index (χ0n) is 41.5. The topological polar surface area (TPSA) is 78.9 Å². The fourth-order valence-corrected chi connectivity index (χ4v) is 8.45. The molecule has 1 atom stereocenters. The number of carbonyl (C=O) groups is 3. The summed E-state index contributed by atoms with van der Waals surface area (Å²) >= 11 is 0. The van der Waals surface area contributed by atoms with E-state index in [-0.39, 0.29) is 31.1 Å². The normalized spacial score (nSPS) is 11.9. The highest BCUT2D eigenvalue weighted by Gasteiger charge is 2.19. The predicted octanol–water partition coefficient (Wildman–Crippen LogP) is 18.0. The third-order valence-corrected chi connectivity index (χ3v) is 12.6. The van der Waals surface area contributed by atoms with E-state index in [0.29, 0.717) is 19.3 Å². The van der Waals surface area contributed by atoms with Crippen LogP contribution in [0.25, 0.3) is 0 Å². The van der Waals surface area contributed by atoms with Crippen LogP contribution in [0.1, 0.15) is 316 Å². The van der Waals surface area contributed by atoms with Crippen molar-refractivity contribution in [3.05, 3.63) is 0 Å². The molecule has 0 aromatic rings. The summed E-state index contributed by atoms with van der Waals surface area (Å²) in [5, 5.41) is 0. The minimum Gasteiger partial charge on any atom is -0.462 e. The molecule has 0 N–H and O–H groups in total. The van der Waals surface area contributed by atoms with Gasteiger partial charge in [-0.15, -0.1) is 0 Å². The number of hydrogen-bond donors (Lipinski definition) is 0. The molecule has 61 heavy (non-hydrogen) atoms. The lowest BCUT2D eigenvalue weighted by atomic mass is 10.0. The van der Waals surface area contributed by atoms with E-state index in [0.717, 1.165) is 57.8 Å². The number of esters is 3. The van der Waals surface area contributed by atoms with Crippen LogP contribution in [0.3, 0.4) is 0 Å². The lowest BCUT2D eigenvalue weighted by Crippen LogP contribution is -2.30. The van der Waals surface area contributed by atoms with E-state index in [1.54, 1.807) is 0 Å². The third-order valence-electron chi connectivity index (χ3n) is 12.6. The van der Waals surface area contributed by atoms with Crippen LogP contribution < -0.4 is 0 Å². The van der Waals surface area contributed by atoms with Crippen LogP contribution in [-0.4, -0.2) is 37.2 Å². The van der Waals surface area contributed by atoms with Crippen LogP contribution in [0.5, 0.6) is 0 Å². The van der Waals surface area contributed by atoms with Crippen molar-refractivity contribution in [2.45, 2.75) is 322 Å². The Morgan fingerprint density at radius 1 is 0.262 bits per heavy atom. The molecule has 0 aliphatic heterocycles. The summed E-state index contributed by atoms with van der Waals surface area (Å²) in [6.07, 6.45) is 55.8. The Labute approximate surface area is 380 Å². The summed E-state index contributed by atoms with van der Waals surface area (Å²) in [7, 11) is 0. The van der Waals surface area contributed by atoms with Crippen molar-refractivity contribution in [1.29, 1.82) is 0 Å². The molecule has 0 saturated carbocycles. The van der Waals surface area contributed by atoms with Crippen molar-refractivity contribution in [3.63, 3.8) is 0 Å². The molecule has 0 aliphatic carbocycles. The lowest BCUT2D eigenvalue weighted by Gasteiger charge is -2.18. The average molecular weight is 863 g/mol. The molecule has 0 spiro atoms. The van der Waals surface area contributed by atoms with Crippen molar-refractivity contribution in [2.24, 2.45) is 0 Å². The highest BCUT2D eigenvalue weighted by atomic mass is 16.6. The molecule has 0 amide bonds. The molecule has 6 nitrogen and oxygen atoms in total. The van der Waals surface area contributed by atoms with Crippen molar-refractivity contribution in [3.8, 4) is 0 Å². The first-order valence-corrected chi connectivity index (χ1v) is 27.5. The standard InChI is InChI=1S/C55H106O6/c1-4-7-10-13-16-18-19-20-21-22-23-24-25-26-27-28-29-30-31-32-33-34-35-36-38-39-42-45-48-54(57)60-51-52(50-59-53(56)47-44-41-15-12-9-6-3)61-55(58)49-46-43-40-37-17-14-11-8-5-2/h52H,4-51H2,1-3H3. The number of rotatable bonds is 51. The largest absolute Gasteiger partial charge is 0.462 e. The quantitative estimate of drug-likeness (QED) is 0.0344. The molecular formula is C55H106O6. The number of ether oxygens (including phenoxy) is 3. The lowest BCUT2D eigenvalue weighted by molar-refractivity contribution is -0.167. The first kappa shape index (κ1) is 59.4. The molecule has 1 unspecified atom stereocenters. The van der Waals surface area contributed by atoms with Crippen LogP contribution >= 0.6 is 0 Å². The molecule has 0 saturated heterocycles. The maximum Gasteiger partial charge on any atom is 0.306 e. The second-order valence-corrected chi connectivity index (χ2v) is 18.9. The molecule has 0 aliphatic rings. The molecule has 0 rings (SSSR count). The molecule has 0 heterocycles. The molecule has 0 aromatic heterocycles. The number of carbonyl (C=O) groups excluding carboxylic acids is 3. The van der Waals surface area contributed by atoms with E-state index in [1.807, 2.05) is 0 Å². The van der Waals surface area contributed by atoms with E-state index in [4.69, 9.17) is 14.2 Å². The molecule has 6 heteroatoms. The van der Waals surface area contributed by atoms with E-state index in [9.17, 15) is 14.4 Å². The van der Waals surface area contributed by atoms with Crippen molar-refractivity contribution < 1.29 is 28.6 Å². The summed E-state index contributed by atoms with van der Waals surface area (Å²) in [6.45, 7) is 6.60. The maximum atomic E-state index is 12.7. The Morgan fingerprint density at radius 3 is 0.656 bits per heavy atom. The fourth-order valence-electron chi connectivity index (χ4n) is 8.45. The van der Waals surface area contributed by atoms with Crippen LogP contribution in [-0.2, 0) is 28.6 Å². The first-order chi connectivity index (χ1) is 30.0. The van der Waals surface area contributed by atoms with Gasteiger partial charge in [-0.05, 0) is 19.3 Å². The van der Waals surface area contributed by atoms with Crippen molar-refractivity contribution in [1.82, 2.24) is 0 Å². The van der Waals surface area contributed by atoms with Crippen molar-refractivity contribution in [2.75, 3.05) is 13.2 Å². The summed E-state index contributed by atoms with van der Waals surface area (Å²) in [5.41, 5.74) is 0. The maximum absolute atomic E-state index is 12.7. The van der Waals surface area contributed by atoms with Crippen molar-refractivity contribution >= 4 is 17.9 Å². The summed E-state index contributed by atoms with van der Waals surface area (Å²) in [4.78, 5) is 37.6. The minimum atomic E-state index is -0.757. The Morgan fingerprint density at radius 2 is 0.443 bits per heavy atom. The van der Waals surface area contributed by atoms with Gasteiger partial charge >= 0.3 is 17.9 Å². The van der Waals surface area contributed by atoms with E-state index >= 15 is 0 Å². The van der Waals surface area contributed by atoms with Gasteiger partial charge < -0.3 is 14.2 Å². The third kappa shape index (κ3) is 49.3. The van der Waals surface area contributed by atoms with Gasteiger partial charge in [0.25, 0.3) is 0 Å². The van der Waals surface area contributed by atoms with Gasteiger partial charge in [0.1, 0.15) is 13.2 Å². The van der Waals surface area contributed by atoms with Gasteiger partial charge in [-0.2, -0.15) is 0 Å². The fraction of sp³-hybridized carbons (Fsp3) is 0.945. The predicted molar refractivity (Wildman–Crippen MR) is 261 cm³/mol. The summed E-state index contributed by atoms with van der Waals surface area (Å²) < 4.78 is 16.7. The van der Waals surface area contributed by atoms with Gasteiger partial charge in [-0.3, -0.25) is 14.4 Å². The molecule has 362 valence electrons. The highest BCUT2D eigenvalue weighted by molar-refractivity contribution is 5.71. The van der Waals surface area contributed by atoms with Gasteiger partial charge in [0, 0.05) is 19.3 Å². The Bertz CT molecular complexity index is 905. The second-order valence-electron chi connectivity index (χ2n) is 18.9. The SMILES string of the molecule is CCCCCCCCCCCCCCCCCCCCCCCCCCCCCCC(=O)OCC(COC(=O)CCCCCCCC)OC(=O)CCCCCCCCCCC.